The van der Waals surface area contributed by atoms with Crippen molar-refractivity contribution >= 4 is 21.7 Å². The maximum Gasteiger partial charge on any atom is 0.255 e. The van der Waals surface area contributed by atoms with Gasteiger partial charge in [-0.1, -0.05) is 55.8 Å². The van der Waals surface area contributed by atoms with Crippen LogP contribution in [0.1, 0.15) is 19.8 Å². The summed E-state index contributed by atoms with van der Waals surface area (Å²) in [7, 11) is 2.13. The number of rotatable bonds is 5. The molecule has 0 atom stereocenters. The molecule has 1 heterocycles. The zero-order valence-electron chi connectivity index (χ0n) is 15.4. The number of benzene rings is 3. The normalized spacial score (nSPS) is 11.2. The van der Waals surface area contributed by atoms with Crippen molar-refractivity contribution in [1.29, 1.82) is 0 Å². The lowest BCUT2D eigenvalue weighted by atomic mass is 10.0. The highest BCUT2D eigenvalue weighted by atomic mass is 16.5. The third-order valence-electron chi connectivity index (χ3n) is 4.97. The second kappa shape index (κ2) is 7.17. The first-order valence-electron chi connectivity index (χ1n) is 9.32. The zero-order valence-corrected chi connectivity index (χ0v) is 15.4. The van der Waals surface area contributed by atoms with Crippen molar-refractivity contribution in [3.05, 3.63) is 72.8 Å². The standard InChI is InChI=1S/C24H24NO/c1-3-4-17-26-23-14-8-11-19-15-16-22(25(2)24(19)23)21-13-7-10-18-9-5-6-12-20(18)21/h5-16H,3-4,17H2,1-2H3/q+1. The molecule has 0 fully saturated rings. The Bertz CT molecular complexity index is 1060. The second-order valence-electron chi connectivity index (χ2n) is 6.70. The Morgan fingerprint density at radius 2 is 1.58 bits per heavy atom. The Hall–Kier alpha value is -2.87. The number of para-hydroxylation sites is 1. The van der Waals surface area contributed by atoms with Gasteiger partial charge < -0.3 is 4.74 Å². The minimum Gasteiger partial charge on any atom is -0.487 e. The summed E-state index contributed by atoms with van der Waals surface area (Å²) in [6.45, 7) is 2.94. The van der Waals surface area contributed by atoms with Crippen molar-refractivity contribution in [1.82, 2.24) is 0 Å². The van der Waals surface area contributed by atoms with Gasteiger partial charge in [0.15, 0.2) is 5.75 Å². The Morgan fingerprint density at radius 1 is 0.808 bits per heavy atom. The first kappa shape index (κ1) is 16.6. The number of aromatic nitrogens is 1. The van der Waals surface area contributed by atoms with E-state index in [2.05, 4.69) is 91.3 Å². The number of aryl methyl sites for hydroxylation is 1. The molecule has 0 radical (unpaired) electrons. The van der Waals surface area contributed by atoms with Crippen LogP contribution >= 0.6 is 0 Å². The van der Waals surface area contributed by atoms with Gasteiger partial charge >= 0.3 is 0 Å². The van der Waals surface area contributed by atoms with E-state index < -0.39 is 0 Å². The molecule has 1 aromatic heterocycles. The van der Waals surface area contributed by atoms with Crippen molar-refractivity contribution < 1.29 is 9.30 Å². The molecule has 0 saturated heterocycles. The fraction of sp³-hybridized carbons (Fsp3) is 0.208. The highest BCUT2D eigenvalue weighted by Crippen LogP contribution is 2.30. The largest absolute Gasteiger partial charge is 0.487 e. The van der Waals surface area contributed by atoms with Crippen molar-refractivity contribution in [2.24, 2.45) is 7.05 Å². The average molecular weight is 342 g/mol. The molecule has 0 spiro atoms. The summed E-state index contributed by atoms with van der Waals surface area (Å²) in [6.07, 6.45) is 2.21. The molecule has 0 aliphatic heterocycles. The van der Waals surface area contributed by atoms with E-state index in [1.165, 1.54) is 27.4 Å². The van der Waals surface area contributed by atoms with Crippen molar-refractivity contribution in [2.75, 3.05) is 6.61 Å². The highest BCUT2D eigenvalue weighted by Gasteiger charge is 2.19. The van der Waals surface area contributed by atoms with Crippen LogP contribution in [-0.2, 0) is 7.05 Å². The fourth-order valence-corrected chi connectivity index (χ4v) is 3.60. The molecule has 0 saturated carbocycles. The Labute approximate surface area is 154 Å². The van der Waals surface area contributed by atoms with Crippen molar-refractivity contribution in [3.8, 4) is 17.0 Å². The number of hydrogen-bond donors (Lipinski definition) is 0. The lowest BCUT2D eigenvalue weighted by Crippen LogP contribution is -2.32. The number of unbranched alkanes of at least 4 members (excludes halogenated alkanes) is 1. The number of ether oxygens (including phenoxy) is 1. The summed E-state index contributed by atoms with van der Waals surface area (Å²) in [4.78, 5) is 0. The molecule has 0 aliphatic carbocycles. The van der Waals surface area contributed by atoms with Crippen LogP contribution in [0.5, 0.6) is 5.75 Å². The van der Waals surface area contributed by atoms with Gasteiger partial charge in [-0.05, 0) is 41.5 Å². The highest BCUT2D eigenvalue weighted by molar-refractivity contribution is 5.96. The smallest absolute Gasteiger partial charge is 0.255 e. The summed E-state index contributed by atoms with van der Waals surface area (Å²) in [6, 6.07) is 25.7. The van der Waals surface area contributed by atoms with Crippen LogP contribution in [0.3, 0.4) is 0 Å². The quantitative estimate of drug-likeness (QED) is 0.337. The number of hydrogen-bond acceptors (Lipinski definition) is 1. The number of fused-ring (bicyclic) bond motifs is 2. The predicted molar refractivity (Wildman–Crippen MR) is 108 cm³/mol. The topological polar surface area (TPSA) is 13.1 Å². The molecule has 2 heteroatoms. The Morgan fingerprint density at radius 3 is 2.46 bits per heavy atom. The van der Waals surface area contributed by atoms with E-state index in [-0.39, 0.29) is 0 Å². The van der Waals surface area contributed by atoms with Gasteiger partial charge in [-0.15, -0.1) is 0 Å². The summed E-state index contributed by atoms with van der Waals surface area (Å²) in [5.74, 6) is 0.959. The monoisotopic (exact) mass is 342 g/mol. The minimum absolute atomic E-state index is 0.758. The Kier molecular flexibility index (Phi) is 4.57. The molecule has 2 nitrogen and oxygen atoms in total. The maximum atomic E-state index is 6.10. The molecule has 4 aromatic rings. The van der Waals surface area contributed by atoms with Gasteiger partial charge in [-0.2, -0.15) is 4.57 Å². The van der Waals surface area contributed by atoms with Gasteiger partial charge in [-0.25, -0.2) is 0 Å². The van der Waals surface area contributed by atoms with E-state index in [0.717, 1.165) is 30.7 Å². The lowest BCUT2D eigenvalue weighted by Gasteiger charge is -2.10. The third-order valence-corrected chi connectivity index (χ3v) is 4.97. The third kappa shape index (κ3) is 2.92. The van der Waals surface area contributed by atoms with Gasteiger partial charge in [0.25, 0.3) is 5.52 Å². The molecule has 26 heavy (non-hydrogen) atoms. The van der Waals surface area contributed by atoms with Crippen LogP contribution in [0.15, 0.2) is 72.8 Å². The number of nitrogens with zero attached hydrogens (tertiary/aromatic N) is 1. The van der Waals surface area contributed by atoms with E-state index in [0.29, 0.717) is 0 Å². The predicted octanol–water partition coefficient (Wildman–Crippen LogP) is 5.66. The van der Waals surface area contributed by atoms with Crippen LogP contribution in [-0.4, -0.2) is 6.61 Å². The summed E-state index contributed by atoms with van der Waals surface area (Å²) >= 11 is 0. The molecule has 4 rings (SSSR count). The molecular formula is C24H24NO+. The fourth-order valence-electron chi connectivity index (χ4n) is 3.60. The molecule has 0 unspecified atom stereocenters. The molecule has 3 aromatic carbocycles. The van der Waals surface area contributed by atoms with E-state index in [1.807, 2.05) is 0 Å². The average Bonchev–Trinajstić information content (AvgIpc) is 2.68. The Balaban J connectivity index is 1.91. The van der Waals surface area contributed by atoms with Crippen molar-refractivity contribution in [3.63, 3.8) is 0 Å². The molecule has 130 valence electrons. The molecule has 0 aliphatic rings. The molecular weight excluding hydrogens is 318 g/mol. The van der Waals surface area contributed by atoms with Gasteiger partial charge in [0.1, 0.15) is 7.05 Å². The van der Waals surface area contributed by atoms with E-state index in [4.69, 9.17) is 4.74 Å². The second-order valence-corrected chi connectivity index (χ2v) is 6.70. The first-order chi connectivity index (χ1) is 12.8. The van der Waals surface area contributed by atoms with E-state index >= 15 is 0 Å². The van der Waals surface area contributed by atoms with Crippen molar-refractivity contribution in [2.45, 2.75) is 19.8 Å². The van der Waals surface area contributed by atoms with Crippen LogP contribution in [0, 0.1) is 0 Å². The van der Waals surface area contributed by atoms with Crippen LogP contribution in [0.4, 0.5) is 0 Å². The van der Waals surface area contributed by atoms with Gasteiger partial charge in [0, 0.05) is 6.07 Å². The van der Waals surface area contributed by atoms with Gasteiger partial charge in [-0.3, -0.25) is 0 Å². The van der Waals surface area contributed by atoms with E-state index in [1.54, 1.807) is 0 Å². The van der Waals surface area contributed by atoms with Crippen LogP contribution in [0.25, 0.3) is 32.9 Å². The molecule has 0 bridgehead atoms. The van der Waals surface area contributed by atoms with Gasteiger partial charge in [0.2, 0.25) is 5.69 Å². The zero-order chi connectivity index (χ0) is 17.9. The maximum absolute atomic E-state index is 6.10. The van der Waals surface area contributed by atoms with E-state index in [9.17, 15) is 0 Å². The molecule has 0 N–H and O–H groups in total. The van der Waals surface area contributed by atoms with Gasteiger partial charge in [0.05, 0.1) is 17.6 Å². The summed E-state index contributed by atoms with van der Waals surface area (Å²) in [5.41, 5.74) is 3.59. The summed E-state index contributed by atoms with van der Waals surface area (Å²) < 4.78 is 8.36. The van der Waals surface area contributed by atoms with Crippen LogP contribution in [0.2, 0.25) is 0 Å². The lowest BCUT2D eigenvalue weighted by molar-refractivity contribution is -0.633. The first-order valence-corrected chi connectivity index (χ1v) is 9.32. The SMILES string of the molecule is CCCCOc1cccc2ccc(-c3cccc4ccccc34)[n+](C)c12. The minimum atomic E-state index is 0.758. The summed E-state index contributed by atoms with van der Waals surface area (Å²) in [5, 5.41) is 3.73. The molecule has 0 amide bonds. The van der Waals surface area contributed by atoms with Crippen LogP contribution < -0.4 is 9.30 Å². The number of pyridine rings is 1.